The molecule has 4 rings (SSSR count). The number of nitrogens with two attached hydrogens (primary N) is 1. The number of likely N-dealkylation sites (N-methyl/N-ethyl adjacent to an activating group) is 1. The average molecular weight is 370 g/mol. The summed E-state index contributed by atoms with van der Waals surface area (Å²) in [4.78, 5) is 27.2. The summed E-state index contributed by atoms with van der Waals surface area (Å²) in [7, 11) is 0. The minimum Gasteiger partial charge on any atom is -0.451 e. The third kappa shape index (κ3) is 2.89. The maximum atomic E-state index is 12.6. The zero-order chi connectivity index (χ0) is 18.3. The van der Waals surface area contributed by atoms with Gasteiger partial charge < -0.3 is 20.4 Å². The highest BCUT2D eigenvalue weighted by Crippen LogP contribution is 2.35. The lowest BCUT2D eigenvalue weighted by Crippen LogP contribution is -3.11. The van der Waals surface area contributed by atoms with E-state index in [1.54, 1.807) is 6.07 Å². The van der Waals surface area contributed by atoms with E-state index in [1.807, 2.05) is 24.3 Å². The number of thiophene rings is 1. The largest absolute Gasteiger partial charge is 0.451 e. The van der Waals surface area contributed by atoms with E-state index in [9.17, 15) is 9.59 Å². The molecule has 1 aromatic carbocycles. The van der Waals surface area contributed by atoms with Crippen LogP contribution < -0.4 is 16.0 Å². The van der Waals surface area contributed by atoms with Gasteiger partial charge >= 0.3 is 0 Å². The van der Waals surface area contributed by atoms with Gasteiger partial charge in [-0.25, -0.2) is 0 Å². The smallest absolute Gasteiger partial charge is 0.292 e. The monoisotopic (exact) mass is 370 g/mol. The van der Waals surface area contributed by atoms with Crippen LogP contribution in [0.2, 0.25) is 0 Å². The number of nitrogens with one attached hydrogen (secondary N) is 2. The van der Waals surface area contributed by atoms with Crippen LogP contribution in [0.3, 0.4) is 0 Å². The first-order valence-corrected chi connectivity index (χ1v) is 9.46. The fourth-order valence-corrected chi connectivity index (χ4v) is 4.77. The predicted octanol–water partition coefficient (Wildman–Crippen LogP) is 1.81. The van der Waals surface area contributed by atoms with E-state index in [0.717, 1.165) is 41.9 Å². The standard InChI is InChI=1S/C19H19N3O3S/c1-2-22-8-7-12-15(10-22)26-19(16(12)17(20)23)21-18(24)14-9-11-5-3-4-6-13(11)25-14/h3-6,9H,2,7-8,10H2,1H3,(H2,20,23)(H,21,24)/p+1. The summed E-state index contributed by atoms with van der Waals surface area (Å²) in [6.07, 6.45) is 0.799. The van der Waals surface area contributed by atoms with E-state index in [4.69, 9.17) is 10.2 Å². The number of para-hydroxylation sites is 1. The van der Waals surface area contributed by atoms with Crippen LogP contribution in [0.1, 0.15) is 38.3 Å². The van der Waals surface area contributed by atoms with E-state index >= 15 is 0 Å². The van der Waals surface area contributed by atoms with Gasteiger partial charge in [0.1, 0.15) is 17.1 Å². The molecule has 26 heavy (non-hydrogen) atoms. The van der Waals surface area contributed by atoms with E-state index in [1.165, 1.54) is 16.2 Å². The minimum absolute atomic E-state index is 0.216. The Morgan fingerprint density at radius 2 is 2.15 bits per heavy atom. The van der Waals surface area contributed by atoms with Gasteiger partial charge in [-0.3, -0.25) is 9.59 Å². The summed E-state index contributed by atoms with van der Waals surface area (Å²) in [6, 6.07) is 9.14. The maximum absolute atomic E-state index is 12.6. The van der Waals surface area contributed by atoms with Crippen molar-refractivity contribution in [2.45, 2.75) is 19.9 Å². The SMILES string of the molecule is CC[NH+]1CCc2c(sc(NC(=O)c3cc4ccccc4o3)c2C(N)=O)C1. The van der Waals surface area contributed by atoms with Gasteiger partial charge in [-0.15, -0.1) is 11.3 Å². The normalized spacial score (nSPS) is 16.4. The molecule has 3 heterocycles. The van der Waals surface area contributed by atoms with E-state index in [0.29, 0.717) is 16.1 Å². The second kappa shape index (κ2) is 6.59. The van der Waals surface area contributed by atoms with Crippen LogP contribution >= 0.6 is 11.3 Å². The summed E-state index contributed by atoms with van der Waals surface area (Å²) in [6.45, 7) is 5.01. The fourth-order valence-electron chi connectivity index (χ4n) is 3.45. The molecule has 0 saturated heterocycles. The molecule has 0 aliphatic carbocycles. The average Bonchev–Trinajstić information content (AvgIpc) is 3.21. The Bertz CT molecular complexity index is 972. The van der Waals surface area contributed by atoms with Gasteiger partial charge in [0.2, 0.25) is 0 Å². The summed E-state index contributed by atoms with van der Waals surface area (Å²) >= 11 is 1.44. The van der Waals surface area contributed by atoms with E-state index < -0.39 is 5.91 Å². The number of amides is 2. The molecule has 6 nitrogen and oxygen atoms in total. The molecule has 1 aliphatic rings. The summed E-state index contributed by atoms with van der Waals surface area (Å²) in [5.41, 5.74) is 7.70. The van der Waals surface area contributed by atoms with Crippen molar-refractivity contribution in [2.75, 3.05) is 18.4 Å². The van der Waals surface area contributed by atoms with Crippen LogP contribution in [0.4, 0.5) is 5.00 Å². The third-order valence-corrected chi connectivity index (χ3v) is 6.00. The Hall–Kier alpha value is -2.64. The van der Waals surface area contributed by atoms with Gasteiger partial charge in [-0.1, -0.05) is 18.2 Å². The Balaban J connectivity index is 1.66. The highest BCUT2D eigenvalue weighted by molar-refractivity contribution is 7.17. The molecule has 3 aromatic rings. The van der Waals surface area contributed by atoms with Crippen molar-refractivity contribution < 1.29 is 18.9 Å². The van der Waals surface area contributed by atoms with Crippen LogP contribution in [-0.4, -0.2) is 24.9 Å². The molecule has 4 N–H and O–H groups in total. The number of hydrogen-bond donors (Lipinski definition) is 3. The number of carbonyl (C=O) groups excluding carboxylic acids is 2. The number of fused-ring (bicyclic) bond motifs is 2. The number of primary amides is 1. The topological polar surface area (TPSA) is 89.8 Å². The van der Waals surface area contributed by atoms with Crippen molar-refractivity contribution in [1.29, 1.82) is 0 Å². The van der Waals surface area contributed by atoms with Crippen molar-refractivity contribution in [2.24, 2.45) is 5.73 Å². The number of benzene rings is 1. The minimum atomic E-state index is -0.498. The van der Waals surface area contributed by atoms with Gasteiger partial charge in [0, 0.05) is 11.8 Å². The lowest BCUT2D eigenvalue weighted by atomic mass is 10.0. The molecule has 1 aliphatic heterocycles. The van der Waals surface area contributed by atoms with Gasteiger partial charge in [0.15, 0.2) is 5.76 Å². The molecule has 7 heteroatoms. The number of carbonyl (C=O) groups is 2. The summed E-state index contributed by atoms with van der Waals surface area (Å²) in [5.74, 6) is -0.654. The van der Waals surface area contributed by atoms with Crippen LogP contribution in [-0.2, 0) is 13.0 Å². The molecule has 0 radical (unpaired) electrons. The van der Waals surface area contributed by atoms with Crippen LogP contribution in [0.15, 0.2) is 34.7 Å². The van der Waals surface area contributed by atoms with Crippen molar-refractivity contribution >= 4 is 39.1 Å². The predicted molar refractivity (Wildman–Crippen MR) is 101 cm³/mol. The number of quaternary nitrogens is 1. The Morgan fingerprint density at radius 1 is 1.35 bits per heavy atom. The first-order valence-electron chi connectivity index (χ1n) is 8.64. The van der Waals surface area contributed by atoms with Crippen molar-refractivity contribution in [3.63, 3.8) is 0 Å². The summed E-state index contributed by atoms with van der Waals surface area (Å²) < 4.78 is 5.61. The molecule has 1 atom stereocenters. The lowest BCUT2D eigenvalue weighted by Gasteiger charge is -2.22. The Morgan fingerprint density at radius 3 is 2.88 bits per heavy atom. The molecule has 0 spiro atoms. The molecule has 0 fully saturated rings. The molecule has 134 valence electrons. The first-order chi connectivity index (χ1) is 12.6. The fraction of sp³-hybridized carbons (Fsp3) is 0.263. The van der Waals surface area contributed by atoms with Crippen molar-refractivity contribution in [3.8, 4) is 0 Å². The lowest BCUT2D eigenvalue weighted by molar-refractivity contribution is -0.913. The summed E-state index contributed by atoms with van der Waals surface area (Å²) in [5, 5.41) is 4.22. The van der Waals surface area contributed by atoms with Gasteiger partial charge in [0.25, 0.3) is 11.8 Å². The molecule has 0 bridgehead atoms. The van der Waals surface area contributed by atoms with Crippen molar-refractivity contribution in [1.82, 2.24) is 0 Å². The van der Waals surface area contributed by atoms with Gasteiger partial charge in [-0.05, 0) is 24.6 Å². The van der Waals surface area contributed by atoms with Crippen LogP contribution in [0.5, 0.6) is 0 Å². The number of anilines is 1. The second-order valence-corrected chi connectivity index (χ2v) is 7.56. The molecular formula is C19H20N3O3S+. The molecule has 2 amide bonds. The Labute approximate surface area is 154 Å². The van der Waals surface area contributed by atoms with Gasteiger partial charge in [0.05, 0.1) is 23.5 Å². The Kier molecular flexibility index (Phi) is 4.26. The molecule has 2 aromatic heterocycles. The number of hydrogen-bond acceptors (Lipinski definition) is 4. The van der Waals surface area contributed by atoms with Crippen LogP contribution in [0, 0.1) is 0 Å². The second-order valence-electron chi connectivity index (χ2n) is 6.46. The number of rotatable bonds is 4. The van der Waals surface area contributed by atoms with E-state index in [2.05, 4.69) is 12.2 Å². The van der Waals surface area contributed by atoms with Crippen LogP contribution in [0.25, 0.3) is 11.0 Å². The maximum Gasteiger partial charge on any atom is 0.292 e. The number of furan rings is 1. The molecule has 0 saturated carbocycles. The zero-order valence-corrected chi connectivity index (χ0v) is 15.2. The van der Waals surface area contributed by atoms with Gasteiger partial charge in [-0.2, -0.15) is 0 Å². The quantitative estimate of drug-likeness (QED) is 0.654. The molecule has 1 unspecified atom stereocenters. The van der Waals surface area contributed by atoms with E-state index in [-0.39, 0.29) is 11.7 Å². The third-order valence-electron chi connectivity index (χ3n) is 4.85. The zero-order valence-electron chi connectivity index (χ0n) is 14.4. The van der Waals surface area contributed by atoms with Crippen molar-refractivity contribution in [3.05, 3.63) is 52.1 Å². The first kappa shape index (κ1) is 16.8. The highest BCUT2D eigenvalue weighted by Gasteiger charge is 2.29. The molecular weight excluding hydrogens is 350 g/mol. The highest BCUT2D eigenvalue weighted by atomic mass is 32.1.